The zero-order valence-electron chi connectivity index (χ0n) is 18.1. The SMILES string of the molecule is Cc1cnc(CCc2cc(F)c(-c3ccc4c(F)c(C#CC(F)(F)F)c(F)cc4c3)c(F)c2)nc1. The topological polar surface area (TPSA) is 25.8 Å². The highest BCUT2D eigenvalue weighted by atomic mass is 19.4. The van der Waals surface area contributed by atoms with Crippen LogP contribution >= 0.6 is 0 Å². The predicted molar refractivity (Wildman–Crippen MR) is 116 cm³/mol. The maximum absolute atomic E-state index is 14.9. The van der Waals surface area contributed by atoms with Crippen molar-refractivity contribution in [2.75, 3.05) is 0 Å². The van der Waals surface area contributed by atoms with Crippen molar-refractivity contribution in [1.82, 2.24) is 9.97 Å². The molecule has 0 unspecified atom stereocenters. The van der Waals surface area contributed by atoms with Gasteiger partial charge in [-0.15, -0.1) is 0 Å². The van der Waals surface area contributed by atoms with Crippen LogP contribution in [0.4, 0.5) is 30.7 Å². The number of hydrogen-bond donors (Lipinski definition) is 0. The molecular weight excluding hydrogens is 473 g/mol. The summed E-state index contributed by atoms with van der Waals surface area (Å²) in [4.78, 5) is 8.30. The smallest absolute Gasteiger partial charge is 0.241 e. The standard InChI is InChI=1S/C26H15F7N2/c1-14-12-34-23(35-13-14)5-2-15-8-21(28)24(22(29)9-15)16-3-4-18-17(10-16)11-20(27)19(25(18)30)6-7-26(31,32)33/h3-4,8-13H,2,5H2,1H3. The summed E-state index contributed by atoms with van der Waals surface area (Å²) in [6, 6.07) is 6.56. The first-order valence-corrected chi connectivity index (χ1v) is 10.3. The van der Waals surface area contributed by atoms with Crippen molar-refractivity contribution >= 4 is 10.8 Å². The van der Waals surface area contributed by atoms with E-state index in [1.807, 2.05) is 6.92 Å². The molecule has 0 saturated heterocycles. The van der Waals surface area contributed by atoms with Crippen LogP contribution in [0.5, 0.6) is 0 Å². The molecule has 0 spiro atoms. The number of benzene rings is 3. The van der Waals surface area contributed by atoms with Gasteiger partial charge >= 0.3 is 6.18 Å². The first-order valence-electron chi connectivity index (χ1n) is 10.3. The third kappa shape index (κ3) is 5.43. The van der Waals surface area contributed by atoms with Crippen LogP contribution in [0.2, 0.25) is 0 Å². The molecule has 178 valence electrons. The van der Waals surface area contributed by atoms with Gasteiger partial charge < -0.3 is 0 Å². The first-order chi connectivity index (χ1) is 16.5. The van der Waals surface area contributed by atoms with Gasteiger partial charge in [-0.3, -0.25) is 0 Å². The Hall–Kier alpha value is -3.93. The highest BCUT2D eigenvalue weighted by molar-refractivity contribution is 5.89. The molecule has 35 heavy (non-hydrogen) atoms. The molecular formula is C26H15F7N2. The third-order valence-electron chi connectivity index (χ3n) is 5.22. The Morgan fingerprint density at radius 2 is 1.49 bits per heavy atom. The lowest BCUT2D eigenvalue weighted by Gasteiger charge is -2.11. The quantitative estimate of drug-likeness (QED) is 0.232. The number of halogens is 7. The Kier molecular flexibility index (Phi) is 6.48. The summed E-state index contributed by atoms with van der Waals surface area (Å²) in [6.45, 7) is 1.84. The summed E-state index contributed by atoms with van der Waals surface area (Å²) in [5.74, 6) is -1.56. The summed E-state index contributed by atoms with van der Waals surface area (Å²) in [7, 11) is 0. The zero-order chi connectivity index (χ0) is 25.3. The van der Waals surface area contributed by atoms with Gasteiger partial charge in [0.15, 0.2) is 0 Å². The second kappa shape index (κ2) is 9.37. The molecule has 4 rings (SSSR count). The van der Waals surface area contributed by atoms with Crippen molar-refractivity contribution in [3.05, 3.63) is 94.6 Å². The lowest BCUT2D eigenvalue weighted by Crippen LogP contribution is -2.02. The van der Waals surface area contributed by atoms with Crippen LogP contribution in [-0.4, -0.2) is 16.1 Å². The van der Waals surface area contributed by atoms with Crippen LogP contribution in [-0.2, 0) is 12.8 Å². The Labute approximate surface area is 195 Å². The minimum absolute atomic E-state index is 0.00819. The lowest BCUT2D eigenvalue weighted by atomic mass is 9.96. The molecule has 3 aromatic carbocycles. The van der Waals surface area contributed by atoms with Crippen LogP contribution in [0.15, 0.2) is 48.8 Å². The molecule has 1 aromatic heterocycles. The summed E-state index contributed by atoms with van der Waals surface area (Å²) in [5, 5.41) is -0.327. The van der Waals surface area contributed by atoms with Gasteiger partial charge in [0.05, 0.1) is 11.1 Å². The summed E-state index contributed by atoms with van der Waals surface area (Å²) < 4.78 is 95.6. The minimum atomic E-state index is -4.92. The molecule has 0 bridgehead atoms. The number of aryl methyl sites for hydroxylation is 3. The molecule has 0 atom stereocenters. The van der Waals surface area contributed by atoms with E-state index in [0.717, 1.165) is 41.8 Å². The summed E-state index contributed by atoms with van der Waals surface area (Å²) in [5.41, 5.74) is -0.172. The number of alkyl halides is 3. The Balaban J connectivity index is 1.66. The molecule has 4 aromatic rings. The Bertz CT molecular complexity index is 1460. The number of fused-ring (bicyclic) bond motifs is 1. The van der Waals surface area contributed by atoms with Gasteiger partial charge in [-0.1, -0.05) is 18.1 Å². The van der Waals surface area contributed by atoms with Crippen molar-refractivity contribution in [2.24, 2.45) is 0 Å². The van der Waals surface area contributed by atoms with E-state index in [1.54, 1.807) is 12.4 Å². The average molecular weight is 488 g/mol. The molecule has 0 radical (unpaired) electrons. The Morgan fingerprint density at radius 3 is 2.11 bits per heavy atom. The van der Waals surface area contributed by atoms with E-state index in [1.165, 1.54) is 12.0 Å². The van der Waals surface area contributed by atoms with E-state index >= 15 is 0 Å². The molecule has 0 N–H and O–H groups in total. The predicted octanol–water partition coefficient (Wildman–Crippen LogP) is 6.86. The molecule has 0 aliphatic carbocycles. The van der Waals surface area contributed by atoms with E-state index in [-0.39, 0.29) is 22.8 Å². The molecule has 0 fully saturated rings. The number of hydrogen-bond acceptors (Lipinski definition) is 2. The lowest BCUT2D eigenvalue weighted by molar-refractivity contribution is -0.0696. The Morgan fingerprint density at radius 1 is 0.829 bits per heavy atom. The molecule has 2 nitrogen and oxygen atoms in total. The zero-order valence-corrected chi connectivity index (χ0v) is 18.1. The van der Waals surface area contributed by atoms with Crippen molar-refractivity contribution in [3.63, 3.8) is 0 Å². The molecule has 9 heteroatoms. The van der Waals surface area contributed by atoms with Crippen LogP contribution in [0.25, 0.3) is 21.9 Å². The number of rotatable bonds is 4. The highest BCUT2D eigenvalue weighted by Crippen LogP contribution is 2.32. The summed E-state index contributed by atoms with van der Waals surface area (Å²) >= 11 is 0. The molecule has 0 amide bonds. The first kappa shape index (κ1) is 24.2. The van der Waals surface area contributed by atoms with Crippen molar-refractivity contribution in [1.29, 1.82) is 0 Å². The van der Waals surface area contributed by atoms with Gasteiger partial charge in [-0.05, 0) is 59.7 Å². The van der Waals surface area contributed by atoms with Gasteiger partial charge in [0.1, 0.15) is 29.1 Å². The minimum Gasteiger partial charge on any atom is -0.241 e. The van der Waals surface area contributed by atoms with Gasteiger partial charge in [0, 0.05) is 30.1 Å². The maximum atomic E-state index is 14.9. The second-order valence-corrected chi connectivity index (χ2v) is 7.84. The van der Waals surface area contributed by atoms with Gasteiger partial charge in [-0.2, -0.15) is 13.2 Å². The van der Waals surface area contributed by atoms with Gasteiger partial charge in [-0.25, -0.2) is 27.5 Å². The molecule has 0 aliphatic rings. The van der Waals surface area contributed by atoms with E-state index in [2.05, 4.69) is 9.97 Å². The molecule has 0 aliphatic heterocycles. The number of aromatic nitrogens is 2. The third-order valence-corrected chi connectivity index (χ3v) is 5.22. The fourth-order valence-electron chi connectivity index (χ4n) is 3.58. The largest absolute Gasteiger partial charge is 0.458 e. The average Bonchev–Trinajstić information content (AvgIpc) is 2.77. The van der Waals surface area contributed by atoms with E-state index in [9.17, 15) is 30.7 Å². The van der Waals surface area contributed by atoms with Gasteiger partial charge in [0.2, 0.25) is 0 Å². The number of nitrogens with zero attached hydrogens (tertiary/aromatic N) is 2. The van der Waals surface area contributed by atoms with E-state index in [4.69, 9.17) is 0 Å². The summed E-state index contributed by atoms with van der Waals surface area (Å²) in [6.07, 6.45) is -0.987. The molecule has 1 heterocycles. The van der Waals surface area contributed by atoms with Crippen LogP contribution in [0.1, 0.15) is 22.5 Å². The normalized spacial score (nSPS) is 11.4. The van der Waals surface area contributed by atoms with Crippen molar-refractivity contribution in [3.8, 4) is 23.0 Å². The van der Waals surface area contributed by atoms with E-state index in [0.29, 0.717) is 17.8 Å². The van der Waals surface area contributed by atoms with E-state index < -0.39 is 40.6 Å². The fourth-order valence-corrected chi connectivity index (χ4v) is 3.58. The highest BCUT2D eigenvalue weighted by Gasteiger charge is 2.24. The van der Waals surface area contributed by atoms with Crippen LogP contribution < -0.4 is 0 Å². The molecule has 0 saturated carbocycles. The fraction of sp³-hybridized carbons (Fsp3) is 0.154. The van der Waals surface area contributed by atoms with Crippen LogP contribution in [0.3, 0.4) is 0 Å². The van der Waals surface area contributed by atoms with Crippen molar-refractivity contribution in [2.45, 2.75) is 25.9 Å². The maximum Gasteiger partial charge on any atom is 0.458 e. The second-order valence-electron chi connectivity index (χ2n) is 7.84. The van der Waals surface area contributed by atoms with Crippen molar-refractivity contribution < 1.29 is 30.7 Å². The van der Waals surface area contributed by atoms with Gasteiger partial charge in [0.25, 0.3) is 0 Å². The monoisotopic (exact) mass is 488 g/mol. The van der Waals surface area contributed by atoms with Crippen LogP contribution in [0, 0.1) is 42.0 Å².